The van der Waals surface area contributed by atoms with Gasteiger partial charge in [0.2, 0.25) is 12.2 Å². The first kappa shape index (κ1) is 22.2. The van der Waals surface area contributed by atoms with Gasteiger partial charge in [0.05, 0.1) is 12.1 Å². The molecule has 2 heterocycles. The molecule has 0 aliphatic carbocycles. The number of nitrogens with one attached hydrogen (secondary N) is 1. The molecule has 0 radical (unpaired) electrons. The normalized spacial score (nSPS) is 11.7. The van der Waals surface area contributed by atoms with Gasteiger partial charge in [-0.05, 0) is 18.9 Å². The van der Waals surface area contributed by atoms with Gasteiger partial charge in [-0.2, -0.15) is 5.10 Å². The van der Waals surface area contributed by atoms with Crippen LogP contribution in [0.4, 0.5) is 5.82 Å². The van der Waals surface area contributed by atoms with E-state index in [9.17, 15) is 19.6 Å². The van der Waals surface area contributed by atoms with E-state index in [0.29, 0.717) is 31.7 Å². The van der Waals surface area contributed by atoms with Crippen molar-refractivity contribution in [3.63, 3.8) is 0 Å². The number of aromatic nitrogens is 5. The van der Waals surface area contributed by atoms with Crippen molar-refractivity contribution in [2.45, 2.75) is 32.5 Å². The van der Waals surface area contributed by atoms with Crippen LogP contribution >= 0.6 is 0 Å². The molecule has 0 aliphatic heterocycles. The van der Waals surface area contributed by atoms with Crippen LogP contribution in [0.3, 0.4) is 0 Å². The number of nitrogens with zero attached hydrogens (tertiary/aromatic N) is 6. The zero-order valence-electron chi connectivity index (χ0n) is 17.3. The van der Waals surface area contributed by atoms with Crippen molar-refractivity contribution < 1.29 is 19.6 Å². The van der Waals surface area contributed by atoms with Gasteiger partial charge in [-0.1, -0.05) is 30.3 Å². The second-order valence-corrected chi connectivity index (χ2v) is 7.16. The van der Waals surface area contributed by atoms with Gasteiger partial charge in [0.15, 0.2) is 0 Å². The minimum atomic E-state index is -1.74. The molecule has 3 aromatic rings. The maximum absolute atomic E-state index is 12.5. The summed E-state index contributed by atoms with van der Waals surface area (Å²) < 4.78 is 3.08. The van der Waals surface area contributed by atoms with Crippen LogP contribution in [0.15, 0.2) is 42.7 Å². The van der Waals surface area contributed by atoms with Crippen LogP contribution in [0, 0.1) is 0 Å². The van der Waals surface area contributed by atoms with E-state index >= 15 is 0 Å². The zero-order valence-corrected chi connectivity index (χ0v) is 17.3. The molecule has 12 heteroatoms. The van der Waals surface area contributed by atoms with Gasteiger partial charge in [0, 0.05) is 25.7 Å². The van der Waals surface area contributed by atoms with E-state index in [2.05, 4.69) is 20.5 Å². The topological polar surface area (TPSA) is 138 Å². The Kier molecular flexibility index (Phi) is 7.16. The highest BCUT2D eigenvalue weighted by atomic mass is 16.4. The second kappa shape index (κ2) is 10.0. The Balaban J connectivity index is 1.57. The third kappa shape index (κ3) is 5.77. The molecule has 162 valence electrons. The van der Waals surface area contributed by atoms with Gasteiger partial charge >= 0.3 is 7.12 Å². The number of carbonyl (C=O) groups excluding carboxylic acids is 2. The van der Waals surface area contributed by atoms with Gasteiger partial charge < -0.3 is 20.3 Å². The molecule has 1 unspecified atom stereocenters. The van der Waals surface area contributed by atoms with E-state index < -0.39 is 13.0 Å². The first-order valence-electron chi connectivity index (χ1n) is 9.73. The molecule has 3 rings (SSSR count). The van der Waals surface area contributed by atoms with Crippen molar-refractivity contribution in [3.8, 4) is 0 Å². The Labute approximate surface area is 179 Å². The third-order valence-electron chi connectivity index (χ3n) is 4.64. The lowest BCUT2D eigenvalue weighted by atomic mass is 9.87. The largest absolute Gasteiger partial charge is 0.510 e. The molecule has 0 bridgehead atoms. The predicted molar refractivity (Wildman–Crippen MR) is 114 cm³/mol. The number of benzene rings is 1. The lowest BCUT2D eigenvalue weighted by Crippen LogP contribution is -2.35. The van der Waals surface area contributed by atoms with Gasteiger partial charge in [-0.15, -0.1) is 5.10 Å². The fourth-order valence-electron chi connectivity index (χ4n) is 2.98. The molecular weight excluding hydrogens is 401 g/mol. The van der Waals surface area contributed by atoms with Gasteiger partial charge in [-0.25, -0.2) is 14.3 Å². The summed E-state index contributed by atoms with van der Waals surface area (Å²) in [4.78, 5) is 28.9. The summed E-state index contributed by atoms with van der Waals surface area (Å²) >= 11 is 0. The Hall–Kier alpha value is -3.51. The summed E-state index contributed by atoms with van der Waals surface area (Å²) in [6, 6.07) is 10.9. The van der Waals surface area contributed by atoms with Crippen LogP contribution in [0.5, 0.6) is 0 Å². The Morgan fingerprint density at radius 1 is 1.29 bits per heavy atom. The van der Waals surface area contributed by atoms with Crippen molar-refractivity contribution >= 4 is 30.8 Å². The minimum absolute atomic E-state index is 0.0357. The number of anilines is 1. The number of hydrogen-bond acceptors (Lipinski definition) is 7. The average molecular weight is 425 g/mol. The standard InChI is InChI=1S/C19H24BN7O4/c1-14(8-9-27-17(25(2)13-28)10-16(23-27)20(30)31)22-19(29)18-21-12-26(24-18)11-15-6-4-3-5-7-15/h3-7,10,12-14,30-31H,8-9,11H2,1-2H3,(H,22,29). The van der Waals surface area contributed by atoms with Crippen molar-refractivity contribution in [1.82, 2.24) is 29.9 Å². The minimum Gasteiger partial charge on any atom is -0.422 e. The summed E-state index contributed by atoms with van der Waals surface area (Å²) in [5.41, 5.74) is 1.09. The number of amides is 2. The first-order valence-corrected chi connectivity index (χ1v) is 9.73. The van der Waals surface area contributed by atoms with E-state index in [4.69, 9.17) is 0 Å². The highest BCUT2D eigenvalue weighted by Gasteiger charge is 2.21. The Bertz CT molecular complexity index is 1020. The van der Waals surface area contributed by atoms with E-state index in [-0.39, 0.29) is 17.5 Å². The Morgan fingerprint density at radius 3 is 2.71 bits per heavy atom. The summed E-state index contributed by atoms with van der Waals surface area (Å²) in [6.45, 7) is 2.69. The number of hydrogen-bond donors (Lipinski definition) is 3. The molecular formula is C19H24BN7O4. The second-order valence-electron chi connectivity index (χ2n) is 7.16. The number of rotatable bonds is 10. The molecule has 0 aliphatic rings. The van der Waals surface area contributed by atoms with Crippen LogP contribution < -0.4 is 15.8 Å². The highest BCUT2D eigenvalue weighted by molar-refractivity contribution is 6.57. The van der Waals surface area contributed by atoms with E-state index in [1.807, 2.05) is 37.3 Å². The summed E-state index contributed by atoms with van der Waals surface area (Å²) in [6.07, 6.45) is 2.60. The smallest absolute Gasteiger partial charge is 0.422 e. The number of aryl methyl sites for hydroxylation is 1. The molecule has 1 aromatic carbocycles. The van der Waals surface area contributed by atoms with Gasteiger partial charge in [0.1, 0.15) is 12.1 Å². The summed E-state index contributed by atoms with van der Waals surface area (Å²) in [7, 11) is -0.203. The highest BCUT2D eigenvalue weighted by Crippen LogP contribution is 2.11. The fraction of sp³-hybridized carbons (Fsp3) is 0.316. The predicted octanol–water partition coefficient (Wildman–Crippen LogP) is -0.996. The lowest BCUT2D eigenvalue weighted by molar-refractivity contribution is -0.107. The fourth-order valence-corrected chi connectivity index (χ4v) is 2.98. The first-order chi connectivity index (χ1) is 14.9. The van der Waals surface area contributed by atoms with Crippen LogP contribution in [0.25, 0.3) is 0 Å². The quantitative estimate of drug-likeness (QED) is 0.280. The van der Waals surface area contributed by atoms with Gasteiger partial charge in [-0.3, -0.25) is 9.59 Å². The average Bonchev–Trinajstić information content (AvgIpc) is 3.40. The third-order valence-corrected chi connectivity index (χ3v) is 4.64. The van der Waals surface area contributed by atoms with E-state index in [0.717, 1.165) is 5.56 Å². The van der Waals surface area contributed by atoms with E-state index in [1.165, 1.54) is 29.0 Å². The van der Waals surface area contributed by atoms with Crippen LogP contribution in [-0.2, 0) is 17.9 Å². The molecule has 2 aromatic heterocycles. The van der Waals surface area contributed by atoms with Crippen molar-refractivity contribution in [2.24, 2.45) is 0 Å². The molecule has 3 N–H and O–H groups in total. The molecule has 31 heavy (non-hydrogen) atoms. The molecule has 2 amide bonds. The molecule has 0 saturated heterocycles. The summed E-state index contributed by atoms with van der Waals surface area (Å²) in [5.74, 6) is 0.100. The zero-order chi connectivity index (χ0) is 22.4. The van der Waals surface area contributed by atoms with Crippen molar-refractivity contribution in [2.75, 3.05) is 11.9 Å². The van der Waals surface area contributed by atoms with Crippen LogP contribution in [0.1, 0.15) is 29.5 Å². The summed E-state index contributed by atoms with van der Waals surface area (Å²) in [5, 5.41) is 29.8. The Morgan fingerprint density at radius 2 is 2.03 bits per heavy atom. The monoisotopic (exact) mass is 425 g/mol. The molecule has 0 saturated carbocycles. The molecule has 1 atom stereocenters. The van der Waals surface area contributed by atoms with Crippen LogP contribution in [0.2, 0.25) is 0 Å². The molecule has 11 nitrogen and oxygen atoms in total. The lowest BCUT2D eigenvalue weighted by Gasteiger charge is -2.16. The van der Waals surface area contributed by atoms with E-state index in [1.54, 1.807) is 4.68 Å². The SMILES string of the molecule is CC(CCn1nc(B(O)O)cc1N(C)C=O)NC(=O)c1ncn(Cc2ccccc2)n1. The van der Waals surface area contributed by atoms with Crippen molar-refractivity contribution in [1.29, 1.82) is 0 Å². The van der Waals surface area contributed by atoms with Crippen LogP contribution in [-0.4, -0.2) is 67.1 Å². The van der Waals surface area contributed by atoms with Gasteiger partial charge in [0.25, 0.3) is 5.91 Å². The molecule has 0 fully saturated rings. The maximum Gasteiger partial charge on any atom is 0.510 e. The maximum atomic E-state index is 12.5. The van der Waals surface area contributed by atoms with Crippen molar-refractivity contribution in [3.05, 3.63) is 54.1 Å². The number of carbonyl (C=O) groups is 2. The molecule has 0 spiro atoms.